The van der Waals surface area contributed by atoms with Crippen LogP contribution in [-0.4, -0.2) is 39.0 Å². The number of nitrogens with zero attached hydrogens (tertiary/aromatic N) is 8. The molecule has 0 aliphatic heterocycles. The van der Waals surface area contributed by atoms with E-state index in [1.807, 2.05) is 88.6 Å². The summed E-state index contributed by atoms with van der Waals surface area (Å²) in [6.07, 6.45) is 7.46. The van der Waals surface area contributed by atoms with Gasteiger partial charge in [0.1, 0.15) is 0 Å². The van der Waals surface area contributed by atoms with Gasteiger partial charge in [-0.2, -0.15) is 0 Å². The molecular formula is C93H58N8S3. The summed E-state index contributed by atoms with van der Waals surface area (Å²) in [5, 5.41) is 11.3. The van der Waals surface area contributed by atoms with E-state index in [1.165, 1.54) is 138 Å². The lowest BCUT2D eigenvalue weighted by Gasteiger charge is -2.28. The molecule has 0 amide bonds. The number of hydrogen-bond donors (Lipinski definition) is 0. The van der Waals surface area contributed by atoms with E-state index in [9.17, 15) is 0 Å². The van der Waals surface area contributed by atoms with Gasteiger partial charge in [0.2, 0.25) is 0 Å². The van der Waals surface area contributed by atoms with E-state index in [1.54, 1.807) is 0 Å². The lowest BCUT2D eigenvalue weighted by molar-refractivity contribution is 0.583. The second-order valence-electron chi connectivity index (χ2n) is 27.8. The van der Waals surface area contributed by atoms with Gasteiger partial charge in [-0.3, -0.25) is 0 Å². The highest BCUT2D eigenvalue weighted by Gasteiger charge is 2.42. The van der Waals surface area contributed by atoms with Gasteiger partial charge in [-0.25, -0.2) is 29.9 Å². The molecule has 7 aromatic heterocycles. The Morgan fingerprint density at radius 1 is 0.346 bits per heavy atom. The smallest absolute Gasteiger partial charge is 0.164 e. The molecule has 8 nitrogen and oxygen atoms in total. The molecule has 104 heavy (non-hydrogen) atoms. The molecule has 22 rings (SSSR count). The first kappa shape index (κ1) is 59.3. The van der Waals surface area contributed by atoms with Crippen LogP contribution in [0.4, 0.5) is 0 Å². The molecule has 2 aliphatic rings. The number of rotatable bonds is 10. The van der Waals surface area contributed by atoms with Gasteiger partial charge >= 0.3 is 0 Å². The maximum atomic E-state index is 5.34. The summed E-state index contributed by atoms with van der Waals surface area (Å²) < 4.78 is 12.6. The van der Waals surface area contributed by atoms with Crippen LogP contribution >= 0.6 is 34.0 Å². The summed E-state index contributed by atoms with van der Waals surface area (Å²) in [4.78, 5) is 31.0. The first-order chi connectivity index (χ1) is 51.4. The van der Waals surface area contributed by atoms with Gasteiger partial charge in [-0.1, -0.05) is 237 Å². The molecule has 1 unspecified atom stereocenters. The molecule has 0 N–H and O–H groups in total. The molecule has 2 aliphatic carbocycles. The van der Waals surface area contributed by atoms with Crippen molar-refractivity contribution in [2.75, 3.05) is 0 Å². The summed E-state index contributed by atoms with van der Waals surface area (Å²) >= 11 is 5.50. The summed E-state index contributed by atoms with van der Waals surface area (Å²) in [6.45, 7) is 2.45. The summed E-state index contributed by atoms with van der Waals surface area (Å²) in [5.41, 5.74) is 20.6. The quantitative estimate of drug-likeness (QED) is 0.136. The monoisotopic (exact) mass is 1380 g/mol. The zero-order valence-electron chi connectivity index (χ0n) is 56.2. The van der Waals surface area contributed by atoms with Gasteiger partial charge in [0, 0.05) is 144 Å². The molecule has 0 saturated heterocycles. The highest BCUT2D eigenvalue weighted by molar-refractivity contribution is 7.26. The van der Waals surface area contributed by atoms with Gasteiger partial charge in [0.15, 0.2) is 34.9 Å². The van der Waals surface area contributed by atoms with Crippen molar-refractivity contribution in [3.05, 3.63) is 319 Å². The molecule has 0 spiro atoms. The Balaban J connectivity index is 0.609. The molecule has 0 radical (unpaired) electrons. The Labute approximate surface area is 609 Å². The predicted molar refractivity (Wildman–Crippen MR) is 435 cm³/mol. The number of fused-ring (bicyclic) bond motifs is 20. The van der Waals surface area contributed by atoms with Gasteiger partial charge < -0.3 is 9.13 Å². The van der Waals surface area contributed by atoms with Crippen molar-refractivity contribution in [2.45, 2.75) is 31.6 Å². The minimum Gasteiger partial charge on any atom is -0.312 e. The molecular weight excluding hydrogens is 1330 g/mol. The Bertz CT molecular complexity index is 6960. The Morgan fingerprint density at radius 3 is 1.45 bits per heavy atom. The molecule has 20 aromatic rings. The van der Waals surface area contributed by atoms with Crippen LogP contribution in [0.15, 0.2) is 291 Å². The number of allylic oxidation sites excluding steroid dienone is 1. The Hall–Kier alpha value is -12.4. The third-order valence-corrected chi connectivity index (χ3v) is 25.1. The van der Waals surface area contributed by atoms with E-state index in [-0.39, 0.29) is 5.41 Å². The molecule has 0 bridgehead atoms. The van der Waals surface area contributed by atoms with Crippen molar-refractivity contribution in [1.82, 2.24) is 39.0 Å². The largest absolute Gasteiger partial charge is 0.312 e. The normalized spacial score (nSPS) is 14.2. The van der Waals surface area contributed by atoms with Crippen LogP contribution in [0.2, 0.25) is 0 Å². The van der Waals surface area contributed by atoms with E-state index in [0.717, 1.165) is 58.3 Å². The van der Waals surface area contributed by atoms with Crippen LogP contribution < -0.4 is 0 Å². The van der Waals surface area contributed by atoms with Gasteiger partial charge in [0.25, 0.3) is 0 Å². The minimum atomic E-state index is -0.342. The zero-order chi connectivity index (χ0) is 68.3. The molecule has 0 saturated carbocycles. The number of thiophene rings is 3. The zero-order valence-corrected chi connectivity index (χ0v) is 58.7. The third-order valence-electron chi connectivity index (χ3n) is 21.7. The van der Waals surface area contributed by atoms with E-state index >= 15 is 0 Å². The summed E-state index contributed by atoms with van der Waals surface area (Å²) in [6, 6.07) is 104. The van der Waals surface area contributed by atoms with Gasteiger partial charge in [-0.15, -0.1) is 34.0 Å². The van der Waals surface area contributed by atoms with Crippen LogP contribution in [0.3, 0.4) is 0 Å². The van der Waals surface area contributed by atoms with Crippen molar-refractivity contribution < 1.29 is 0 Å². The average Bonchev–Trinajstić information content (AvgIpc) is 1.54. The van der Waals surface area contributed by atoms with Gasteiger partial charge in [0.05, 0.1) is 16.6 Å². The van der Waals surface area contributed by atoms with E-state index < -0.39 is 0 Å². The summed E-state index contributed by atoms with van der Waals surface area (Å²) in [7, 11) is 0. The molecule has 13 aromatic carbocycles. The van der Waals surface area contributed by atoms with Crippen molar-refractivity contribution >= 4 is 133 Å². The number of benzene rings is 13. The number of aromatic nitrogens is 8. The summed E-state index contributed by atoms with van der Waals surface area (Å²) in [5.74, 6) is 3.87. The highest BCUT2D eigenvalue weighted by Crippen LogP contribution is 2.55. The first-order valence-corrected chi connectivity index (χ1v) is 37.8. The second-order valence-corrected chi connectivity index (χ2v) is 31.0. The van der Waals surface area contributed by atoms with Crippen molar-refractivity contribution in [3.63, 3.8) is 0 Å². The van der Waals surface area contributed by atoms with Crippen LogP contribution in [0, 0.1) is 0 Å². The molecule has 7 heterocycles. The standard InChI is InChI=1S/C93H58N8S3/c1-93(73-29-15-11-27-69(73)83-74(93)45-43-67-63-25-12-16-30-75(63)100(85(67)83)61-39-46-78-71(51-61)65-41-37-59(49-81(65)103-78)91-96-87(55-19-5-2-6-20-55)94-88(97-91)56-21-7-3-8-22-56)53-54-33-35-58(36-34-54)90-95-89(57-23-9-4-10-24-57)98-92(99-90)60-38-42-66-72-52-62(40-47-79(72)104-82(66)50-60)101-76-31-17-13-26-64(76)68-44-48-80-84(86(68)101)70-28-14-18-32-77(70)102-80/h2-15,17-29,31-52H,16,30,53H2,1H3. The fraction of sp³-hybridized carbons (Fsp3) is 0.0538. The number of para-hydroxylation sites is 1. The van der Waals surface area contributed by atoms with Crippen LogP contribution in [0.1, 0.15) is 41.3 Å². The Kier molecular flexibility index (Phi) is 13.2. The Morgan fingerprint density at radius 2 is 0.827 bits per heavy atom. The van der Waals surface area contributed by atoms with Crippen LogP contribution in [0.5, 0.6) is 0 Å². The highest BCUT2D eigenvalue weighted by atomic mass is 32.1. The second kappa shape index (κ2) is 23.1. The maximum absolute atomic E-state index is 5.34. The minimum absolute atomic E-state index is 0.342. The average molecular weight is 1380 g/mol. The lowest BCUT2D eigenvalue weighted by Crippen LogP contribution is -2.24. The molecule has 488 valence electrons. The van der Waals surface area contributed by atoms with E-state index in [2.05, 4.69) is 259 Å². The third kappa shape index (κ3) is 9.20. The van der Waals surface area contributed by atoms with Gasteiger partial charge in [-0.05, 0) is 108 Å². The fourth-order valence-electron chi connectivity index (χ4n) is 16.9. The lowest BCUT2D eigenvalue weighted by atomic mass is 9.75. The van der Waals surface area contributed by atoms with Crippen molar-refractivity contribution in [1.29, 1.82) is 0 Å². The first-order valence-electron chi connectivity index (χ1n) is 35.4. The molecule has 11 heteroatoms. The molecule has 1 atom stereocenters. The molecule has 0 fully saturated rings. The van der Waals surface area contributed by atoms with Crippen LogP contribution in [-0.2, 0) is 18.3 Å². The maximum Gasteiger partial charge on any atom is 0.164 e. The van der Waals surface area contributed by atoms with Crippen LogP contribution in [0.25, 0.3) is 190 Å². The van der Waals surface area contributed by atoms with Crippen molar-refractivity contribution in [3.8, 4) is 90.8 Å². The predicted octanol–water partition coefficient (Wildman–Crippen LogP) is 24.7. The number of hydrogen-bond acceptors (Lipinski definition) is 9. The SMILES string of the molecule is CC1(Cc2ccc(-c3nc(-c4ccccc4)nc(-c4ccc5c(c4)sc4ccc(-n6c7ccccc7c7ccc8sc9ccccc9c8c76)cc45)n3)cc2)c2ccccc2-c2c1ccc1c3c(n(-c4ccc5sc6cc(-c7nc(-c8ccccc8)nc(-c8ccccc8)n7)ccc6c5c4)c21)CCC=C3. The fourth-order valence-corrected chi connectivity index (χ4v) is 20.3. The van der Waals surface area contributed by atoms with E-state index in [0.29, 0.717) is 34.9 Å². The topological polar surface area (TPSA) is 87.2 Å². The van der Waals surface area contributed by atoms with Crippen molar-refractivity contribution in [2.24, 2.45) is 0 Å². The van der Waals surface area contributed by atoms with E-state index in [4.69, 9.17) is 29.9 Å².